The Morgan fingerprint density at radius 3 is 1.69 bits per heavy atom. The summed E-state index contributed by atoms with van der Waals surface area (Å²) in [7, 11) is 1.00. The van der Waals surface area contributed by atoms with Crippen LogP contribution in [0.5, 0.6) is 0 Å². The number of nitrogens with one attached hydrogen (secondary N) is 2. The van der Waals surface area contributed by atoms with Gasteiger partial charge in [0, 0.05) is 41.2 Å². The molecule has 5 rings (SSSR count). The number of aromatic nitrogens is 2. The van der Waals surface area contributed by atoms with Crippen LogP contribution >= 0.6 is 15.9 Å². The quantitative estimate of drug-likeness (QED) is 0.195. The fraction of sp³-hybridized carbons (Fsp3) is 0.296. The third kappa shape index (κ3) is 10.9. The fourth-order valence-corrected chi connectivity index (χ4v) is 3.79. The minimum atomic E-state index is -0.0799. The number of nitrogens with zero attached hydrogens (tertiary/aromatic N) is 2. The molecule has 0 amide bonds. The monoisotopic (exact) mass is 735 g/mol. The zero-order valence-electron chi connectivity index (χ0n) is 20.1. The molecular weight excluding hydrogens is 703 g/mol. The maximum atomic E-state index is 10.0. The molecule has 9 heteroatoms. The molecule has 1 fully saturated rings. The molecule has 2 aromatic carbocycles. The number of aldehydes is 1. The van der Waals surface area contributed by atoms with Crippen molar-refractivity contribution in [3.8, 4) is 0 Å². The molecule has 0 bridgehead atoms. The molecule has 2 aromatic heterocycles. The molecular formula is C27H33BrN4O3Pt. The molecule has 2 heterocycles. The van der Waals surface area contributed by atoms with Crippen LogP contribution < -0.4 is 0 Å². The largest absolute Gasteiger partial charge is 2.00 e. The number of halogens is 1. The molecule has 36 heavy (non-hydrogen) atoms. The van der Waals surface area contributed by atoms with Crippen LogP contribution in [0.1, 0.15) is 31.2 Å². The number of hydrogen-bond acceptors (Lipinski definition) is 4. The summed E-state index contributed by atoms with van der Waals surface area (Å²) >= 11 is 3.31. The van der Waals surface area contributed by atoms with Gasteiger partial charge in [-0.1, -0.05) is 78.0 Å². The van der Waals surface area contributed by atoms with Crippen LogP contribution in [0.3, 0.4) is 0 Å². The molecule has 1 aliphatic rings. The van der Waals surface area contributed by atoms with Crippen LogP contribution in [-0.2, 0) is 32.3 Å². The van der Waals surface area contributed by atoms with E-state index in [-0.39, 0.29) is 38.6 Å². The molecule has 1 aliphatic carbocycles. The second-order valence-corrected chi connectivity index (χ2v) is 8.63. The summed E-state index contributed by atoms with van der Waals surface area (Å²) in [6, 6.07) is 19.7. The van der Waals surface area contributed by atoms with Crippen molar-refractivity contribution in [2.45, 2.75) is 44.2 Å². The Balaban J connectivity index is 0.000000499. The molecule has 0 aliphatic heterocycles. The predicted octanol–water partition coefficient (Wildman–Crippen LogP) is 6.16. The van der Waals surface area contributed by atoms with Crippen LogP contribution in [0.15, 0.2) is 77.5 Å². The van der Waals surface area contributed by atoms with E-state index in [1.54, 1.807) is 12.4 Å². The van der Waals surface area contributed by atoms with E-state index in [1.807, 2.05) is 36.4 Å². The number of pyridine rings is 2. The first-order valence-corrected chi connectivity index (χ1v) is 12.0. The number of hydrogen-bond donors (Lipinski definition) is 1. The molecule has 4 aromatic rings. The smallest absolute Gasteiger partial charge is 0.676 e. The number of carbonyl (C=O) groups is 1. The maximum Gasteiger partial charge on any atom is 2.00 e. The number of benzene rings is 2. The van der Waals surface area contributed by atoms with Crippen LogP contribution in [0, 0.1) is 0 Å². The van der Waals surface area contributed by atoms with Crippen LogP contribution in [0.25, 0.3) is 33.3 Å². The van der Waals surface area contributed by atoms with Crippen molar-refractivity contribution in [1.29, 1.82) is 0 Å². The van der Waals surface area contributed by atoms with Gasteiger partial charge in [0.25, 0.3) is 0 Å². The van der Waals surface area contributed by atoms with Gasteiger partial charge < -0.3 is 26.8 Å². The summed E-state index contributed by atoms with van der Waals surface area (Å²) in [4.78, 5) is 18.7. The van der Waals surface area contributed by atoms with Crippen molar-refractivity contribution in [2.24, 2.45) is 0 Å². The van der Waals surface area contributed by atoms with E-state index >= 15 is 0 Å². The van der Waals surface area contributed by atoms with Gasteiger partial charge in [-0.05, 0) is 29.8 Å². The first-order valence-electron chi connectivity index (χ1n) is 11.2. The minimum absolute atomic E-state index is 0. The fourth-order valence-electron chi connectivity index (χ4n) is 3.53. The Labute approximate surface area is 235 Å². The summed E-state index contributed by atoms with van der Waals surface area (Å²) in [6.07, 6.45) is 9.26. The number of fused-ring (bicyclic) bond motifs is 3. The number of aliphatic hydroxyl groups excluding tert-OH is 1. The molecule has 1 unspecified atom stereocenters. The Morgan fingerprint density at radius 1 is 0.861 bits per heavy atom. The van der Waals surface area contributed by atoms with E-state index in [0.29, 0.717) is 6.42 Å². The van der Waals surface area contributed by atoms with E-state index in [1.165, 1.54) is 12.8 Å². The molecule has 7 nitrogen and oxygen atoms in total. The number of carbonyl (C=O) groups excluding carboxylic acids is 1. The number of rotatable bonds is 2. The first-order chi connectivity index (χ1) is 16.6. The summed E-state index contributed by atoms with van der Waals surface area (Å²) in [5.41, 5.74) is 17.6. The molecule has 0 saturated heterocycles. The average Bonchev–Trinajstić information content (AvgIpc) is 2.89. The Kier molecular flexibility index (Phi) is 18.0. The average molecular weight is 737 g/mol. The van der Waals surface area contributed by atoms with Crippen LogP contribution in [0.2, 0.25) is 0 Å². The summed E-state index contributed by atoms with van der Waals surface area (Å²) in [5, 5.41) is 9.28. The van der Waals surface area contributed by atoms with Gasteiger partial charge in [0.1, 0.15) is 6.29 Å². The molecule has 196 valence electrons. The Morgan fingerprint density at radius 2 is 1.31 bits per heavy atom. The molecule has 0 spiro atoms. The van der Waals surface area contributed by atoms with E-state index in [9.17, 15) is 4.79 Å². The van der Waals surface area contributed by atoms with Crippen LogP contribution in [0.4, 0.5) is 0 Å². The van der Waals surface area contributed by atoms with Crippen LogP contribution in [-0.4, -0.2) is 46.0 Å². The van der Waals surface area contributed by atoms with Crippen molar-refractivity contribution in [2.75, 3.05) is 7.11 Å². The molecule has 5 N–H and O–H groups in total. The van der Waals surface area contributed by atoms with Gasteiger partial charge in [0.15, 0.2) is 0 Å². The molecule has 2 atom stereocenters. The standard InChI is InChI=1S/C12H8N2.C8H7BrO.C6H12N2.CH4O.H2O.Pt/c1-3-9-5-6-10-4-2-8-14-12(10)11(9)13-7-1;9-8-3-1-7(2-4-8)5-6-10;7-5-3-1-2-4-6(5)8;1-2;;/h1-8H;1-4,6H,5H2;5-8H,1-4H2;2H,1H3;1H2;/q;;-2;;;+2/t;;5-,6?;;;/m..0.../s1. The van der Waals surface area contributed by atoms with Gasteiger partial charge >= 0.3 is 21.1 Å². The zero-order chi connectivity index (χ0) is 24.8. The van der Waals surface area contributed by atoms with Crippen molar-refractivity contribution >= 4 is 44.0 Å². The third-order valence-corrected chi connectivity index (χ3v) is 5.87. The van der Waals surface area contributed by atoms with Crippen molar-refractivity contribution in [1.82, 2.24) is 9.97 Å². The van der Waals surface area contributed by atoms with Gasteiger partial charge in [-0.3, -0.25) is 9.97 Å². The normalized spacial score (nSPS) is 15.8. The molecule has 0 radical (unpaired) electrons. The maximum absolute atomic E-state index is 10.0. The molecule has 1 saturated carbocycles. The van der Waals surface area contributed by atoms with Gasteiger partial charge in [-0.15, -0.1) is 0 Å². The number of aliphatic hydroxyl groups is 1. The predicted molar refractivity (Wildman–Crippen MR) is 147 cm³/mol. The van der Waals surface area contributed by atoms with Gasteiger partial charge in [0.05, 0.1) is 11.0 Å². The summed E-state index contributed by atoms with van der Waals surface area (Å²) < 4.78 is 1.04. The zero-order valence-corrected chi connectivity index (χ0v) is 24.0. The van der Waals surface area contributed by atoms with Crippen molar-refractivity contribution < 1.29 is 36.4 Å². The Hall–Kier alpha value is -2.06. The topological polar surface area (TPSA) is 142 Å². The Bertz CT molecular complexity index is 1080. The van der Waals surface area contributed by atoms with Gasteiger partial charge in [-0.25, -0.2) is 0 Å². The SMILES string of the molecule is CO.O.O=CCc1ccc(Br)cc1.[NH-]C1CCCC[C@@H]1[NH-].[Pt+2].c1cnc2c(c1)ccc1cccnc12. The second kappa shape index (κ2) is 19.1. The van der Waals surface area contributed by atoms with E-state index in [0.717, 1.165) is 58.1 Å². The minimum Gasteiger partial charge on any atom is -0.676 e. The summed E-state index contributed by atoms with van der Waals surface area (Å²) in [5.74, 6) is 0. The van der Waals surface area contributed by atoms with Gasteiger partial charge in [0.2, 0.25) is 0 Å². The first kappa shape index (κ1) is 33.9. The second-order valence-electron chi connectivity index (χ2n) is 7.71. The van der Waals surface area contributed by atoms with Crippen molar-refractivity contribution in [3.05, 3.63) is 94.6 Å². The summed E-state index contributed by atoms with van der Waals surface area (Å²) in [6.45, 7) is 0. The van der Waals surface area contributed by atoms with E-state index in [4.69, 9.17) is 16.6 Å². The third-order valence-electron chi connectivity index (χ3n) is 5.34. The van der Waals surface area contributed by atoms with E-state index < -0.39 is 0 Å². The van der Waals surface area contributed by atoms with Crippen molar-refractivity contribution in [3.63, 3.8) is 0 Å². The van der Waals surface area contributed by atoms with Gasteiger partial charge in [-0.2, -0.15) is 12.1 Å². The van der Waals surface area contributed by atoms with E-state index in [2.05, 4.69) is 50.2 Å².